The number of hydrogen-bond donors (Lipinski definition) is 1. The van der Waals surface area contributed by atoms with Crippen molar-refractivity contribution in [3.63, 3.8) is 0 Å². The third-order valence-corrected chi connectivity index (χ3v) is 7.65. The molecule has 8 atom stereocenters. The van der Waals surface area contributed by atoms with Crippen LogP contribution in [0, 0.1) is 23.7 Å². The lowest BCUT2D eigenvalue weighted by molar-refractivity contribution is -0.174. The molecule has 6 nitrogen and oxygen atoms in total. The lowest BCUT2D eigenvalue weighted by Crippen LogP contribution is -2.55. The Balaban J connectivity index is 2.04. The van der Waals surface area contributed by atoms with Crippen molar-refractivity contribution in [2.75, 3.05) is 0 Å². The maximum Gasteiger partial charge on any atom is 0.303 e. The predicted octanol–water partition coefficient (Wildman–Crippen LogP) is 3.80. The molecule has 0 aromatic heterocycles. The molecule has 1 aliphatic carbocycles. The van der Waals surface area contributed by atoms with Crippen molar-refractivity contribution in [3.8, 4) is 0 Å². The van der Waals surface area contributed by atoms with Gasteiger partial charge in [0.25, 0.3) is 0 Å². The number of carbonyl (C=O) groups is 2. The summed E-state index contributed by atoms with van der Waals surface area (Å²) in [6.45, 7) is 15.3. The highest BCUT2D eigenvalue weighted by atomic mass is 16.6. The van der Waals surface area contributed by atoms with Gasteiger partial charge in [-0.1, -0.05) is 20.4 Å². The van der Waals surface area contributed by atoms with Crippen molar-refractivity contribution in [1.29, 1.82) is 0 Å². The Morgan fingerprint density at radius 3 is 2.40 bits per heavy atom. The Labute approximate surface area is 180 Å². The summed E-state index contributed by atoms with van der Waals surface area (Å²) < 4.78 is 18.0. The first-order chi connectivity index (χ1) is 13.9. The third-order valence-electron chi connectivity index (χ3n) is 7.65. The lowest BCUT2D eigenvalue weighted by atomic mass is 9.57. The number of fused-ring (bicyclic) bond motifs is 5. The zero-order valence-electron chi connectivity index (χ0n) is 19.3. The fourth-order valence-electron chi connectivity index (χ4n) is 6.37. The summed E-state index contributed by atoms with van der Waals surface area (Å²) in [7, 11) is 0. The van der Waals surface area contributed by atoms with Crippen LogP contribution in [0.5, 0.6) is 0 Å². The van der Waals surface area contributed by atoms with Crippen LogP contribution in [0.15, 0.2) is 12.2 Å². The molecular formula is C24H38O6. The molecule has 2 heterocycles. The van der Waals surface area contributed by atoms with E-state index in [2.05, 4.69) is 20.4 Å². The van der Waals surface area contributed by atoms with Gasteiger partial charge in [-0.25, -0.2) is 0 Å². The second kappa shape index (κ2) is 8.27. The van der Waals surface area contributed by atoms with E-state index in [1.807, 2.05) is 13.8 Å². The van der Waals surface area contributed by atoms with Gasteiger partial charge in [0.05, 0.1) is 17.8 Å². The van der Waals surface area contributed by atoms with Crippen LogP contribution in [0.3, 0.4) is 0 Å². The normalized spacial score (nSPS) is 43.9. The van der Waals surface area contributed by atoms with Crippen molar-refractivity contribution in [1.82, 2.24) is 0 Å². The van der Waals surface area contributed by atoms with Gasteiger partial charge in [0.1, 0.15) is 11.7 Å². The number of aliphatic hydroxyl groups is 1. The molecule has 0 aromatic rings. The summed E-state index contributed by atoms with van der Waals surface area (Å²) in [4.78, 5) is 23.6. The topological polar surface area (TPSA) is 82.1 Å². The van der Waals surface area contributed by atoms with Crippen LogP contribution in [0.25, 0.3) is 0 Å². The van der Waals surface area contributed by atoms with Gasteiger partial charge in [-0.05, 0) is 63.4 Å². The molecule has 2 aliphatic heterocycles. The predicted molar refractivity (Wildman–Crippen MR) is 113 cm³/mol. The number of ether oxygens (including phenoxy) is 3. The Morgan fingerprint density at radius 1 is 1.17 bits per heavy atom. The molecule has 6 heteroatoms. The van der Waals surface area contributed by atoms with Crippen molar-refractivity contribution < 1.29 is 28.9 Å². The van der Waals surface area contributed by atoms with Crippen molar-refractivity contribution in [3.05, 3.63) is 12.2 Å². The van der Waals surface area contributed by atoms with Gasteiger partial charge in [-0.2, -0.15) is 0 Å². The second-order valence-electron chi connectivity index (χ2n) is 10.4. The quantitative estimate of drug-likeness (QED) is 0.550. The highest BCUT2D eigenvalue weighted by Gasteiger charge is 2.63. The van der Waals surface area contributed by atoms with E-state index in [0.29, 0.717) is 31.1 Å². The molecule has 0 amide bonds. The fourth-order valence-corrected chi connectivity index (χ4v) is 6.37. The second-order valence-corrected chi connectivity index (χ2v) is 10.4. The highest BCUT2D eigenvalue weighted by Crippen LogP contribution is 2.57. The summed E-state index contributed by atoms with van der Waals surface area (Å²) in [5, 5.41) is 11.5. The fraction of sp³-hybridized carbons (Fsp3) is 0.833. The molecule has 0 radical (unpaired) electrons. The molecule has 2 bridgehead atoms. The van der Waals surface area contributed by atoms with Crippen molar-refractivity contribution >= 4 is 11.9 Å². The molecule has 30 heavy (non-hydrogen) atoms. The summed E-state index contributed by atoms with van der Waals surface area (Å²) in [5.41, 5.74) is -0.944. The van der Waals surface area contributed by atoms with Gasteiger partial charge in [0, 0.05) is 25.7 Å². The van der Waals surface area contributed by atoms with E-state index in [9.17, 15) is 14.7 Å². The number of hydrogen-bond acceptors (Lipinski definition) is 6. The van der Waals surface area contributed by atoms with E-state index in [1.165, 1.54) is 13.8 Å². The average molecular weight is 423 g/mol. The van der Waals surface area contributed by atoms with Gasteiger partial charge in [0.15, 0.2) is 0 Å². The average Bonchev–Trinajstić information content (AvgIpc) is 2.99. The molecular weight excluding hydrogens is 384 g/mol. The molecule has 1 N–H and O–H groups in total. The van der Waals surface area contributed by atoms with Crippen molar-refractivity contribution in [2.45, 2.75) is 103 Å². The van der Waals surface area contributed by atoms with Crippen LogP contribution in [-0.4, -0.2) is 46.6 Å². The van der Waals surface area contributed by atoms with Gasteiger partial charge in [-0.3, -0.25) is 9.59 Å². The molecule has 3 fully saturated rings. The molecule has 2 saturated heterocycles. The lowest BCUT2D eigenvalue weighted by Gasteiger charge is -2.50. The highest BCUT2D eigenvalue weighted by molar-refractivity contribution is 5.67. The zero-order valence-corrected chi connectivity index (χ0v) is 19.3. The van der Waals surface area contributed by atoms with Gasteiger partial charge < -0.3 is 19.3 Å². The molecule has 170 valence electrons. The van der Waals surface area contributed by atoms with Crippen LogP contribution < -0.4 is 0 Å². The van der Waals surface area contributed by atoms with Crippen LogP contribution in [0.1, 0.15) is 73.6 Å². The Morgan fingerprint density at radius 2 is 1.83 bits per heavy atom. The minimum Gasteiger partial charge on any atom is -0.459 e. The SMILES string of the molecule is C=C1C[C@H]2O[C@H]([C@H]3[C@@H]2[C@](C)(OC(C)=O)CC[C@@H]3C(C)C)[C@](C)(O)CC[C@@H]1OC(C)=O. The van der Waals surface area contributed by atoms with Crippen LogP contribution in [0.2, 0.25) is 0 Å². The van der Waals surface area contributed by atoms with Gasteiger partial charge in [0.2, 0.25) is 0 Å². The summed E-state index contributed by atoms with van der Waals surface area (Å²) >= 11 is 0. The largest absolute Gasteiger partial charge is 0.459 e. The molecule has 1 saturated carbocycles. The minimum atomic E-state index is -1.08. The van der Waals surface area contributed by atoms with E-state index in [4.69, 9.17) is 14.2 Å². The number of carbonyl (C=O) groups excluding carboxylic acids is 2. The monoisotopic (exact) mass is 422 g/mol. The van der Waals surface area contributed by atoms with Crippen molar-refractivity contribution in [2.24, 2.45) is 23.7 Å². The van der Waals surface area contributed by atoms with E-state index < -0.39 is 17.3 Å². The molecule has 0 aromatic carbocycles. The Hall–Kier alpha value is -1.40. The standard InChI is InChI=1S/C24H38O6/c1-13(2)17-8-11-24(7,30-16(5)26)21-19-12-14(3)18(28-15(4)25)9-10-23(6,27)22(29-19)20(17)21/h13,17-22,27H,3,8-12H2,1-2,4-7H3/t17-,18+,19-,20-,21-,22-,23-,24-/m1/s1. The van der Waals surface area contributed by atoms with Crippen LogP contribution in [0.4, 0.5) is 0 Å². The van der Waals surface area contributed by atoms with Gasteiger partial charge in [-0.15, -0.1) is 0 Å². The number of esters is 2. The maximum absolute atomic E-state index is 12.0. The van der Waals surface area contributed by atoms with E-state index in [-0.39, 0.29) is 36.0 Å². The van der Waals surface area contributed by atoms with Crippen LogP contribution >= 0.6 is 0 Å². The van der Waals surface area contributed by atoms with E-state index in [0.717, 1.165) is 18.4 Å². The first kappa shape index (κ1) is 23.3. The van der Waals surface area contributed by atoms with Gasteiger partial charge >= 0.3 is 11.9 Å². The molecule has 0 spiro atoms. The molecule has 3 rings (SSSR count). The molecule has 0 unspecified atom stereocenters. The van der Waals surface area contributed by atoms with E-state index >= 15 is 0 Å². The van der Waals surface area contributed by atoms with E-state index in [1.54, 1.807) is 0 Å². The summed E-state index contributed by atoms with van der Waals surface area (Å²) in [6.07, 6.45) is 2.13. The Bertz CT molecular complexity index is 698. The smallest absolute Gasteiger partial charge is 0.303 e. The Kier molecular flexibility index (Phi) is 6.41. The minimum absolute atomic E-state index is 0.0492. The summed E-state index contributed by atoms with van der Waals surface area (Å²) in [6, 6.07) is 0. The summed E-state index contributed by atoms with van der Waals surface area (Å²) in [5.74, 6) is 0.188. The maximum atomic E-state index is 12.0. The van der Waals surface area contributed by atoms with Crippen LogP contribution in [-0.2, 0) is 23.8 Å². The zero-order chi connectivity index (χ0) is 22.4. The first-order valence-electron chi connectivity index (χ1n) is 11.3. The number of rotatable bonds is 3. The third kappa shape index (κ3) is 4.31. The molecule has 3 aliphatic rings. The first-order valence-corrected chi connectivity index (χ1v) is 11.3.